The van der Waals surface area contributed by atoms with Gasteiger partial charge in [-0.2, -0.15) is 4.31 Å². The Labute approximate surface area is 180 Å². The van der Waals surface area contributed by atoms with Crippen molar-refractivity contribution in [3.63, 3.8) is 0 Å². The molecule has 2 aromatic rings. The molecule has 0 saturated carbocycles. The minimum absolute atomic E-state index is 0.0130. The molecule has 2 fully saturated rings. The number of sulfonamides is 1. The molecule has 10 nitrogen and oxygen atoms in total. The first kappa shape index (κ1) is 21.3. The Kier molecular flexibility index (Phi) is 5.71. The molecular formula is C20H24N4O6S. The summed E-state index contributed by atoms with van der Waals surface area (Å²) in [5.74, 6) is -0.130. The number of non-ortho nitro benzene ring substituents is 1. The second kappa shape index (κ2) is 8.31. The third-order valence-electron chi connectivity index (χ3n) is 5.74. The molecule has 2 aliphatic rings. The molecule has 1 amide bonds. The average Bonchev–Trinajstić information content (AvgIpc) is 3.44. The molecule has 31 heavy (non-hydrogen) atoms. The van der Waals surface area contributed by atoms with Crippen LogP contribution in [0.1, 0.15) is 29.2 Å². The van der Waals surface area contributed by atoms with Gasteiger partial charge in [0.05, 0.1) is 4.92 Å². The van der Waals surface area contributed by atoms with Crippen molar-refractivity contribution in [2.24, 2.45) is 0 Å². The lowest BCUT2D eigenvalue weighted by molar-refractivity contribution is -0.384. The van der Waals surface area contributed by atoms with Gasteiger partial charge in [0.15, 0.2) is 5.76 Å². The fourth-order valence-electron chi connectivity index (χ4n) is 4.02. The minimum Gasteiger partial charge on any atom is -0.455 e. The number of carbonyl (C=O) groups excluding carboxylic acids is 1. The van der Waals surface area contributed by atoms with E-state index in [1.165, 1.54) is 22.5 Å². The highest BCUT2D eigenvalue weighted by Gasteiger charge is 2.33. The van der Waals surface area contributed by atoms with Crippen molar-refractivity contribution in [2.45, 2.75) is 24.7 Å². The molecule has 4 rings (SSSR count). The molecule has 0 aliphatic carbocycles. The predicted octanol–water partition coefficient (Wildman–Crippen LogP) is 2.24. The standard InChI is InChI=1S/C20H24N4O6S/c1-15-19(31(28,29)23-7-2-3-8-23)14-18(30-15)20(25)22-11-9-21(10-12-22)16-5-4-6-17(13-16)24(26)27/h4-6,13-14H,2-3,7-12H2,1H3. The zero-order valence-electron chi connectivity index (χ0n) is 17.2. The molecule has 3 heterocycles. The second-order valence-electron chi connectivity index (χ2n) is 7.70. The molecular weight excluding hydrogens is 424 g/mol. The second-order valence-corrected chi connectivity index (χ2v) is 9.60. The molecule has 1 aromatic heterocycles. The first-order valence-electron chi connectivity index (χ1n) is 10.2. The molecule has 166 valence electrons. The van der Waals surface area contributed by atoms with Crippen molar-refractivity contribution in [3.8, 4) is 0 Å². The van der Waals surface area contributed by atoms with E-state index >= 15 is 0 Å². The SMILES string of the molecule is Cc1oc(C(=O)N2CCN(c3cccc([N+](=O)[O-])c3)CC2)cc1S(=O)(=O)N1CCCC1. The number of anilines is 1. The van der Waals surface area contributed by atoms with Gasteiger partial charge in [0.2, 0.25) is 10.0 Å². The zero-order valence-corrected chi connectivity index (χ0v) is 18.0. The van der Waals surface area contributed by atoms with Gasteiger partial charge in [-0.25, -0.2) is 8.42 Å². The van der Waals surface area contributed by atoms with E-state index in [2.05, 4.69) is 0 Å². The summed E-state index contributed by atoms with van der Waals surface area (Å²) in [7, 11) is -3.66. The summed E-state index contributed by atoms with van der Waals surface area (Å²) in [6.45, 7) is 4.33. The maximum atomic E-state index is 12.9. The number of carbonyl (C=O) groups is 1. The van der Waals surface area contributed by atoms with Crippen LogP contribution in [0.5, 0.6) is 0 Å². The molecule has 0 spiro atoms. The summed E-state index contributed by atoms with van der Waals surface area (Å²) in [5.41, 5.74) is 0.753. The molecule has 0 bridgehead atoms. The van der Waals surface area contributed by atoms with E-state index in [-0.39, 0.29) is 28.0 Å². The topological polar surface area (TPSA) is 117 Å². The number of nitrogens with zero attached hydrogens (tertiary/aromatic N) is 4. The van der Waals surface area contributed by atoms with Crippen LogP contribution in [0.3, 0.4) is 0 Å². The lowest BCUT2D eigenvalue weighted by atomic mass is 10.2. The number of amides is 1. The smallest absolute Gasteiger partial charge is 0.289 e. The quantitative estimate of drug-likeness (QED) is 0.508. The number of hydrogen-bond donors (Lipinski definition) is 0. The van der Waals surface area contributed by atoms with Crippen LogP contribution in [0.4, 0.5) is 11.4 Å². The first-order valence-corrected chi connectivity index (χ1v) is 11.6. The van der Waals surface area contributed by atoms with Crippen LogP contribution in [-0.4, -0.2) is 67.7 Å². The van der Waals surface area contributed by atoms with Crippen molar-refractivity contribution >= 4 is 27.3 Å². The Balaban J connectivity index is 1.45. The number of furan rings is 1. The number of benzene rings is 1. The molecule has 11 heteroatoms. The number of nitro groups is 1. The van der Waals surface area contributed by atoms with Gasteiger partial charge in [0, 0.05) is 63.2 Å². The summed E-state index contributed by atoms with van der Waals surface area (Å²) >= 11 is 0. The Bertz CT molecular complexity index is 1100. The maximum absolute atomic E-state index is 12.9. The maximum Gasteiger partial charge on any atom is 0.289 e. The number of aryl methyl sites for hydroxylation is 1. The molecule has 2 aliphatic heterocycles. The third-order valence-corrected chi connectivity index (χ3v) is 7.74. The van der Waals surface area contributed by atoms with Crippen molar-refractivity contribution < 1.29 is 22.6 Å². The van der Waals surface area contributed by atoms with E-state index in [0.29, 0.717) is 39.3 Å². The Morgan fingerprint density at radius 2 is 1.74 bits per heavy atom. The van der Waals surface area contributed by atoms with E-state index in [1.54, 1.807) is 24.0 Å². The highest BCUT2D eigenvalue weighted by molar-refractivity contribution is 7.89. The molecule has 0 N–H and O–H groups in total. The van der Waals surface area contributed by atoms with E-state index in [9.17, 15) is 23.3 Å². The van der Waals surface area contributed by atoms with Gasteiger partial charge in [0.25, 0.3) is 11.6 Å². The van der Waals surface area contributed by atoms with Crippen LogP contribution >= 0.6 is 0 Å². The van der Waals surface area contributed by atoms with E-state index in [4.69, 9.17) is 4.42 Å². The van der Waals surface area contributed by atoms with Crippen LogP contribution in [0.15, 0.2) is 39.6 Å². The molecule has 2 saturated heterocycles. The minimum atomic E-state index is -3.66. The monoisotopic (exact) mass is 448 g/mol. The number of rotatable bonds is 5. The first-order chi connectivity index (χ1) is 14.8. The van der Waals surface area contributed by atoms with Gasteiger partial charge in [0.1, 0.15) is 10.7 Å². The Hall–Kier alpha value is -2.92. The van der Waals surface area contributed by atoms with E-state index < -0.39 is 14.9 Å². The molecule has 1 aromatic carbocycles. The van der Waals surface area contributed by atoms with Crippen molar-refractivity contribution in [3.05, 3.63) is 52.0 Å². The zero-order chi connectivity index (χ0) is 22.2. The van der Waals surface area contributed by atoms with E-state index in [0.717, 1.165) is 18.5 Å². The highest BCUT2D eigenvalue weighted by atomic mass is 32.2. The fraction of sp³-hybridized carbons (Fsp3) is 0.450. The molecule has 0 radical (unpaired) electrons. The Morgan fingerprint density at radius 1 is 1.06 bits per heavy atom. The fourth-order valence-corrected chi connectivity index (χ4v) is 5.70. The number of hydrogen-bond acceptors (Lipinski definition) is 7. The predicted molar refractivity (Wildman–Crippen MR) is 113 cm³/mol. The van der Waals surface area contributed by atoms with Crippen LogP contribution in [-0.2, 0) is 10.0 Å². The average molecular weight is 449 g/mol. The van der Waals surface area contributed by atoms with Crippen LogP contribution in [0.25, 0.3) is 0 Å². The summed E-state index contributed by atoms with van der Waals surface area (Å²) in [6, 6.07) is 7.73. The van der Waals surface area contributed by atoms with Crippen LogP contribution in [0.2, 0.25) is 0 Å². The van der Waals surface area contributed by atoms with Crippen molar-refractivity contribution in [2.75, 3.05) is 44.2 Å². The van der Waals surface area contributed by atoms with Gasteiger partial charge in [-0.15, -0.1) is 0 Å². The number of nitro benzene ring substituents is 1. The van der Waals surface area contributed by atoms with Crippen molar-refractivity contribution in [1.29, 1.82) is 0 Å². The van der Waals surface area contributed by atoms with Gasteiger partial charge in [-0.3, -0.25) is 14.9 Å². The van der Waals surface area contributed by atoms with Crippen molar-refractivity contribution in [1.82, 2.24) is 9.21 Å². The largest absolute Gasteiger partial charge is 0.455 e. The Morgan fingerprint density at radius 3 is 2.39 bits per heavy atom. The highest BCUT2D eigenvalue weighted by Crippen LogP contribution is 2.28. The summed E-state index contributed by atoms with van der Waals surface area (Å²) in [6.07, 6.45) is 1.66. The normalized spacial score (nSPS) is 17.8. The summed E-state index contributed by atoms with van der Waals surface area (Å²) in [4.78, 5) is 27.1. The van der Waals surface area contributed by atoms with Gasteiger partial charge in [-0.1, -0.05) is 6.07 Å². The van der Waals surface area contributed by atoms with Gasteiger partial charge in [-0.05, 0) is 25.8 Å². The van der Waals surface area contributed by atoms with Crippen LogP contribution < -0.4 is 4.90 Å². The lowest BCUT2D eigenvalue weighted by Crippen LogP contribution is -2.48. The molecule has 0 unspecified atom stereocenters. The molecule has 0 atom stereocenters. The third kappa shape index (κ3) is 4.15. The number of piperazine rings is 1. The van der Waals surface area contributed by atoms with Gasteiger partial charge >= 0.3 is 0 Å². The van der Waals surface area contributed by atoms with E-state index in [1.807, 2.05) is 4.90 Å². The lowest BCUT2D eigenvalue weighted by Gasteiger charge is -2.35. The van der Waals surface area contributed by atoms with Gasteiger partial charge < -0.3 is 14.2 Å². The summed E-state index contributed by atoms with van der Waals surface area (Å²) in [5, 5.41) is 11.0. The summed E-state index contributed by atoms with van der Waals surface area (Å²) < 4.78 is 32.6. The van der Waals surface area contributed by atoms with Crippen LogP contribution in [0, 0.1) is 17.0 Å².